The van der Waals surface area contributed by atoms with Gasteiger partial charge in [-0.25, -0.2) is 0 Å². The van der Waals surface area contributed by atoms with Gasteiger partial charge >= 0.3 is 6.18 Å². The Kier molecular flexibility index (Phi) is 4.59. The number of carbonyl (C=O) groups is 1. The lowest BCUT2D eigenvalue weighted by atomic mass is 9.85. The molecule has 0 unspecified atom stereocenters. The predicted molar refractivity (Wildman–Crippen MR) is 94.6 cm³/mol. The molecule has 0 saturated carbocycles. The summed E-state index contributed by atoms with van der Waals surface area (Å²) in [6, 6.07) is 12.6. The fourth-order valence-electron chi connectivity index (χ4n) is 3.43. The van der Waals surface area contributed by atoms with E-state index in [0.29, 0.717) is 12.1 Å². The average Bonchev–Trinajstić information content (AvgIpc) is 2.58. The summed E-state index contributed by atoms with van der Waals surface area (Å²) in [5, 5.41) is 0. The van der Waals surface area contributed by atoms with Crippen molar-refractivity contribution in [2.75, 3.05) is 6.54 Å². The van der Waals surface area contributed by atoms with Gasteiger partial charge in [-0.3, -0.25) is 4.79 Å². The summed E-state index contributed by atoms with van der Waals surface area (Å²) in [6.07, 6.45) is -3.63. The van der Waals surface area contributed by atoms with Crippen LogP contribution < -0.4 is 0 Å². The van der Waals surface area contributed by atoms with Crippen LogP contribution in [0.3, 0.4) is 0 Å². The highest BCUT2D eigenvalue weighted by Crippen LogP contribution is 2.38. The van der Waals surface area contributed by atoms with Crippen molar-refractivity contribution in [2.24, 2.45) is 5.41 Å². The molecule has 2 nitrogen and oxygen atoms in total. The van der Waals surface area contributed by atoms with Gasteiger partial charge < -0.3 is 4.90 Å². The Morgan fingerprint density at radius 2 is 1.62 bits per heavy atom. The fourth-order valence-corrected chi connectivity index (χ4v) is 3.43. The third-order valence-electron chi connectivity index (χ3n) is 4.74. The Hall–Kier alpha value is -2.30. The molecule has 0 N–H and O–H groups in total. The second-order valence-corrected chi connectivity index (χ2v) is 7.72. The van der Waals surface area contributed by atoms with E-state index in [1.807, 2.05) is 45.0 Å². The van der Waals surface area contributed by atoms with Gasteiger partial charge in [-0.05, 0) is 35.2 Å². The predicted octanol–water partition coefficient (Wildman–Crippen LogP) is 5.23. The van der Waals surface area contributed by atoms with Crippen LogP contribution in [-0.2, 0) is 17.4 Å². The van der Waals surface area contributed by atoms with E-state index in [2.05, 4.69) is 0 Å². The molecule has 0 fully saturated rings. The van der Waals surface area contributed by atoms with E-state index in [9.17, 15) is 18.0 Å². The molecule has 0 bridgehead atoms. The first kappa shape index (κ1) is 18.5. The first-order valence-electron chi connectivity index (χ1n) is 8.65. The molecule has 0 aromatic heterocycles. The van der Waals surface area contributed by atoms with Crippen molar-refractivity contribution in [3.63, 3.8) is 0 Å². The van der Waals surface area contributed by atoms with Crippen LogP contribution in [0.4, 0.5) is 13.2 Å². The molecule has 1 heterocycles. The summed E-state index contributed by atoms with van der Waals surface area (Å²) in [4.78, 5) is 14.8. The average molecular weight is 361 g/mol. The number of amides is 1. The molecule has 3 rings (SSSR count). The van der Waals surface area contributed by atoms with Crippen molar-refractivity contribution in [3.8, 4) is 0 Å². The zero-order valence-electron chi connectivity index (χ0n) is 15.1. The van der Waals surface area contributed by atoms with Gasteiger partial charge in [0, 0.05) is 12.0 Å². The molecule has 26 heavy (non-hydrogen) atoms. The van der Waals surface area contributed by atoms with Gasteiger partial charge in [-0.15, -0.1) is 0 Å². The maximum absolute atomic E-state index is 13.0. The van der Waals surface area contributed by atoms with E-state index in [-0.39, 0.29) is 11.9 Å². The van der Waals surface area contributed by atoms with E-state index in [1.165, 1.54) is 12.1 Å². The molecule has 1 atom stereocenters. The van der Waals surface area contributed by atoms with Crippen molar-refractivity contribution >= 4 is 5.91 Å². The SMILES string of the molecule is CC(C)(C)C(=O)N1CCc2ccccc2[C@H]1c1ccc(C(F)(F)F)cc1. The summed E-state index contributed by atoms with van der Waals surface area (Å²) in [7, 11) is 0. The summed E-state index contributed by atoms with van der Waals surface area (Å²) in [5.41, 5.74) is 1.57. The number of rotatable bonds is 1. The lowest BCUT2D eigenvalue weighted by Crippen LogP contribution is -2.45. The smallest absolute Gasteiger partial charge is 0.331 e. The van der Waals surface area contributed by atoms with Crippen LogP contribution in [0.25, 0.3) is 0 Å². The molecule has 5 heteroatoms. The van der Waals surface area contributed by atoms with Crippen molar-refractivity contribution < 1.29 is 18.0 Å². The number of hydrogen-bond donors (Lipinski definition) is 0. The topological polar surface area (TPSA) is 20.3 Å². The largest absolute Gasteiger partial charge is 0.416 e. The monoisotopic (exact) mass is 361 g/mol. The Morgan fingerprint density at radius 1 is 1.00 bits per heavy atom. The highest BCUT2D eigenvalue weighted by molar-refractivity contribution is 5.82. The number of hydrogen-bond acceptors (Lipinski definition) is 1. The molecule has 1 amide bonds. The summed E-state index contributed by atoms with van der Waals surface area (Å²) < 4.78 is 38.7. The van der Waals surface area contributed by atoms with Gasteiger partial charge in [-0.1, -0.05) is 57.2 Å². The van der Waals surface area contributed by atoms with Crippen molar-refractivity contribution in [1.29, 1.82) is 0 Å². The van der Waals surface area contributed by atoms with E-state index in [1.54, 1.807) is 4.90 Å². The van der Waals surface area contributed by atoms with Gasteiger partial charge in [0.25, 0.3) is 0 Å². The molecule has 1 aliphatic rings. The highest BCUT2D eigenvalue weighted by Gasteiger charge is 2.37. The third-order valence-corrected chi connectivity index (χ3v) is 4.74. The van der Waals surface area contributed by atoms with Crippen LogP contribution in [0.2, 0.25) is 0 Å². The second-order valence-electron chi connectivity index (χ2n) is 7.72. The molecular formula is C21H22F3NO. The van der Waals surface area contributed by atoms with Crippen LogP contribution in [0.1, 0.15) is 49.1 Å². The van der Waals surface area contributed by atoms with Crippen LogP contribution in [0, 0.1) is 5.41 Å². The Bertz CT molecular complexity index is 803. The molecule has 0 spiro atoms. The molecule has 138 valence electrons. The summed E-state index contributed by atoms with van der Waals surface area (Å²) in [6.45, 7) is 6.14. The maximum atomic E-state index is 13.0. The molecule has 0 saturated heterocycles. The number of nitrogens with zero attached hydrogens (tertiary/aromatic N) is 1. The van der Waals surface area contributed by atoms with Crippen molar-refractivity contribution in [2.45, 2.75) is 39.4 Å². The molecule has 1 aliphatic heterocycles. The van der Waals surface area contributed by atoms with Crippen molar-refractivity contribution in [3.05, 3.63) is 70.8 Å². The van der Waals surface area contributed by atoms with Gasteiger partial charge in [-0.2, -0.15) is 13.2 Å². The van der Waals surface area contributed by atoms with Crippen molar-refractivity contribution in [1.82, 2.24) is 4.90 Å². The van der Waals surface area contributed by atoms with E-state index < -0.39 is 17.2 Å². The zero-order chi connectivity index (χ0) is 19.1. The number of benzene rings is 2. The molecule has 0 aliphatic carbocycles. The summed E-state index contributed by atoms with van der Waals surface area (Å²) in [5.74, 6) is -0.00287. The highest BCUT2D eigenvalue weighted by atomic mass is 19.4. The second kappa shape index (κ2) is 6.45. The lowest BCUT2D eigenvalue weighted by molar-refractivity contribution is -0.142. The van der Waals surface area contributed by atoms with Crippen LogP contribution >= 0.6 is 0 Å². The van der Waals surface area contributed by atoms with Gasteiger partial charge in [0.2, 0.25) is 5.91 Å². The van der Waals surface area contributed by atoms with Crippen LogP contribution in [0.15, 0.2) is 48.5 Å². The molecule has 2 aromatic rings. The van der Waals surface area contributed by atoms with E-state index >= 15 is 0 Å². The quantitative estimate of drug-likeness (QED) is 0.681. The number of fused-ring (bicyclic) bond motifs is 1. The maximum Gasteiger partial charge on any atom is 0.416 e. The first-order valence-corrected chi connectivity index (χ1v) is 8.65. The minimum absolute atomic E-state index is 0.00287. The Balaban J connectivity index is 2.07. The minimum atomic E-state index is -4.37. The summed E-state index contributed by atoms with van der Waals surface area (Å²) >= 11 is 0. The normalized spacial score (nSPS) is 17.8. The van der Waals surface area contributed by atoms with Gasteiger partial charge in [0.1, 0.15) is 0 Å². The number of halogens is 3. The van der Waals surface area contributed by atoms with Crippen LogP contribution in [-0.4, -0.2) is 17.4 Å². The Morgan fingerprint density at radius 3 is 2.19 bits per heavy atom. The molecule has 2 aromatic carbocycles. The number of carbonyl (C=O) groups excluding carboxylic acids is 1. The van der Waals surface area contributed by atoms with Crippen LogP contribution in [0.5, 0.6) is 0 Å². The first-order chi connectivity index (χ1) is 12.1. The van der Waals surface area contributed by atoms with E-state index in [0.717, 1.165) is 29.7 Å². The van der Waals surface area contributed by atoms with Gasteiger partial charge in [0.15, 0.2) is 0 Å². The lowest BCUT2D eigenvalue weighted by Gasteiger charge is -2.41. The minimum Gasteiger partial charge on any atom is -0.331 e. The Labute approximate surface area is 151 Å². The van der Waals surface area contributed by atoms with Gasteiger partial charge in [0.05, 0.1) is 11.6 Å². The molecular weight excluding hydrogens is 339 g/mol. The van der Waals surface area contributed by atoms with E-state index in [4.69, 9.17) is 0 Å². The number of alkyl halides is 3. The fraction of sp³-hybridized carbons (Fsp3) is 0.381. The zero-order valence-corrected chi connectivity index (χ0v) is 15.1. The third kappa shape index (κ3) is 3.48. The standard InChI is InChI=1S/C21H22F3NO/c1-20(2,3)19(26)25-13-12-14-6-4-5-7-17(14)18(25)15-8-10-16(11-9-15)21(22,23)24/h4-11,18H,12-13H2,1-3H3/t18-/m1/s1. The molecule has 0 radical (unpaired) electrons.